The van der Waals surface area contributed by atoms with E-state index < -0.39 is 31.1 Å². The molecule has 0 atom stereocenters. The van der Waals surface area contributed by atoms with Crippen LogP contribution in [0.15, 0.2) is 30.3 Å². The van der Waals surface area contributed by atoms with Gasteiger partial charge >= 0.3 is 77.7 Å². The van der Waals surface area contributed by atoms with Crippen molar-refractivity contribution >= 4 is 9.17 Å². The standard InChI is InChI=1S/C6H5.CH3NO2.Hg/c1-2-4-6-5-3-1;2-1(3)4;/h1-5H;2H2,(H,3,4);/q;;+1/p-1. The Bertz CT molecular complexity index is 237. The van der Waals surface area contributed by atoms with E-state index in [9.17, 15) is 4.79 Å². The predicted molar refractivity (Wildman–Crippen MR) is 36.7 cm³/mol. The normalized spacial score (nSPS) is 8.36. The molecule has 0 saturated carbocycles. The summed E-state index contributed by atoms with van der Waals surface area (Å²) < 4.78 is 5.95. The summed E-state index contributed by atoms with van der Waals surface area (Å²) in [6, 6.07) is 9.72. The fraction of sp³-hybridized carbons (Fsp3) is 0. The van der Waals surface area contributed by atoms with Crippen LogP contribution in [0, 0.1) is 0 Å². The van der Waals surface area contributed by atoms with E-state index in [1.54, 1.807) is 0 Å². The van der Waals surface area contributed by atoms with E-state index in [2.05, 4.69) is 0 Å². The summed E-state index contributed by atoms with van der Waals surface area (Å²) in [6.45, 7) is 0. The Morgan fingerprint density at radius 2 is 2.00 bits per heavy atom. The molecule has 0 aliphatic carbocycles. The molecule has 54 valence electrons. The number of carbonyl (C=O) groups is 1. The molecule has 1 aromatic carbocycles. The third kappa shape index (κ3) is 3.37. The van der Waals surface area contributed by atoms with Gasteiger partial charge in [0.25, 0.3) is 0 Å². The van der Waals surface area contributed by atoms with Crippen LogP contribution in [0.25, 0.3) is 0 Å². The molecule has 11 heavy (non-hydrogen) atoms. The second kappa shape index (κ2) is 4.33. The van der Waals surface area contributed by atoms with E-state index in [0.717, 1.165) is 3.07 Å². The minimum absolute atomic E-state index is 0.643. The van der Waals surface area contributed by atoms with Crippen LogP contribution >= 0.6 is 0 Å². The molecule has 1 amide bonds. The summed E-state index contributed by atoms with van der Waals surface area (Å²) >= 11 is -1.64. The first-order valence-corrected chi connectivity index (χ1v) is 8.24. The molecule has 0 spiro atoms. The number of amides is 1. The molecular formula is C7H7HgNO2. The van der Waals surface area contributed by atoms with Crippen molar-refractivity contribution in [3.63, 3.8) is 0 Å². The van der Waals surface area contributed by atoms with Gasteiger partial charge in [0.05, 0.1) is 0 Å². The molecule has 0 unspecified atom stereocenters. The Kier molecular flexibility index (Phi) is 3.36. The number of nitrogens with two attached hydrogens (primary N) is 1. The molecule has 0 radical (unpaired) electrons. The summed E-state index contributed by atoms with van der Waals surface area (Å²) in [4.78, 5) is 10.2. The first-order chi connectivity index (χ1) is 5.29. The van der Waals surface area contributed by atoms with Crippen LogP contribution in [-0.4, -0.2) is 6.09 Å². The van der Waals surface area contributed by atoms with Crippen molar-refractivity contribution in [1.29, 1.82) is 0 Å². The molecule has 3 nitrogen and oxygen atoms in total. The first kappa shape index (κ1) is 8.52. The summed E-state index contributed by atoms with van der Waals surface area (Å²) in [6.07, 6.45) is -0.643. The fourth-order valence-electron chi connectivity index (χ4n) is 0.729. The molecule has 2 N–H and O–H groups in total. The molecule has 0 saturated heterocycles. The van der Waals surface area contributed by atoms with E-state index in [-0.39, 0.29) is 0 Å². The maximum atomic E-state index is 10.2. The third-order valence-electron chi connectivity index (χ3n) is 1.22. The quantitative estimate of drug-likeness (QED) is 0.795. The monoisotopic (exact) mass is 339 g/mol. The Morgan fingerprint density at radius 3 is 2.55 bits per heavy atom. The third-order valence-corrected chi connectivity index (χ3v) is 6.02. The van der Waals surface area contributed by atoms with Gasteiger partial charge in [0.2, 0.25) is 0 Å². The van der Waals surface area contributed by atoms with Gasteiger partial charge in [0.1, 0.15) is 0 Å². The van der Waals surface area contributed by atoms with Crippen LogP contribution in [0.3, 0.4) is 0 Å². The van der Waals surface area contributed by atoms with Crippen LogP contribution in [0.5, 0.6) is 0 Å². The molecule has 0 aromatic heterocycles. The molecule has 0 bridgehead atoms. The number of carbonyl (C=O) groups excluding carboxylic acids is 1. The molecule has 4 heteroatoms. The van der Waals surface area contributed by atoms with Crippen molar-refractivity contribution in [2.24, 2.45) is 5.73 Å². The zero-order valence-electron chi connectivity index (χ0n) is 5.99. The summed E-state index contributed by atoms with van der Waals surface area (Å²) in [5.74, 6) is 0. The van der Waals surface area contributed by atoms with Gasteiger partial charge in [-0.2, -0.15) is 0 Å². The topological polar surface area (TPSA) is 52.3 Å². The summed E-state index contributed by atoms with van der Waals surface area (Å²) in [5.41, 5.74) is 4.83. The molecule has 1 rings (SSSR count). The molecule has 1 aromatic rings. The van der Waals surface area contributed by atoms with Crippen molar-refractivity contribution in [3.05, 3.63) is 30.3 Å². The van der Waals surface area contributed by atoms with Gasteiger partial charge < -0.3 is 0 Å². The molecule has 0 fully saturated rings. The van der Waals surface area contributed by atoms with Crippen molar-refractivity contribution < 1.29 is 32.5 Å². The van der Waals surface area contributed by atoms with Gasteiger partial charge in [-0.1, -0.05) is 0 Å². The first-order valence-electron chi connectivity index (χ1n) is 3.25. The molecule has 0 aliphatic heterocycles. The Morgan fingerprint density at radius 1 is 1.36 bits per heavy atom. The summed E-state index contributed by atoms with van der Waals surface area (Å²) in [5, 5.41) is 0. The van der Waals surface area contributed by atoms with Gasteiger partial charge in [-0.3, -0.25) is 0 Å². The SMILES string of the molecule is NC(=O)[O][Hg][c]1ccccc1. The van der Waals surface area contributed by atoms with Crippen LogP contribution in [0.4, 0.5) is 4.79 Å². The van der Waals surface area contributed by atoms with E-state index in [0.29, 0.717) is 0 Å². The molecule has 0 aliphatic rings. The number of benzene rings is 1. The van der Waals surface area contributed by atoms with Crippen LogP contribution in [0.2, 0.25) is 0 Å². The fourth-order valence-corrected chi connectivity index (χ4v) is 3.74. The Balaban J connectivity index is 2.45. The van der Waals surface area contributed by atoms with Crippen molar-refractivity contribution in [2.45, 2.75) is 0 Å². The zero-order valence-corrected chi connectivity index (χ0v) is 11.5. The van der Waals surface area contributed by atoms with Crippen molar-refractivity contribution in [1.82, 2.24) is 0 Å². The minimum atomic E-state index is -1.64. The van der Waals surface area contributed by atoms with Crippen LogP contribution in [-0.2, 0) is 27.7 Å². The van der Waals surface area contributed by atoms with E-state index in [1.165, 1.54) is 0 Å². The average Bonchev–Trinajstić information content (AvgIpc) is 2.03. The van der Waals surface area contributed by atoms with Crippen LogP contribution in [0.1, 0.15) is 0 Å². The second-order valence-corrected chi connectivity index (χ2v) is 7.51. The predicted octanol–water partition coefficient (Wildman–Crippen LogP) is 0.405. The second-order valence-electron chi connectivity index (χ2n) is 2.09. The van der Waals surface area contributed by atoms with Gasteiger partial charge in [-0.25, -0.2) is 0 Å². The number of primary amides is 1. The maximum absolute atomic E-state index is 10.2. The molecular weight excluding hydrogens is 331 g/mol. The van der Waals surface area contributed by atoms with E-state index in [4.69, 9.17) is 8.38 Å². The van der Waals surface area contributed by atoms with Gasteiger partial charge in [-0.05, 0) is 0 Å². The van der Waals surface area contributed by atoms with E-state index in [1.807, 2.05) is 30.3 Å². The van der Waals surface area contributed by atoms with Crippen molar-refractivity contribution in [3.8, 4) is 0 Å². The Labute approximate surface area is 77.6 Å². The molecule has 0 heterocycles. The van der Waals surface area contributed by atoms with Crippen LogP contribution < -0.4 is 8.81 Å². The number of hydrogen-bond acceptors (Lipinski definition) is 2. The Hall–Kier alpha value is -0.575. The number of rotatable bonds is 2. The zero-order chi connectivity index (χ0) is 8.10. The van der Waals surface area contributed by atoms with E-state index >= 15 is 0 Å². The number of hydrogen-bond donors (Lipinski definition) is 1. The van der Waals surface area contributed by atoms with Gasteiger partial charge in [0.15, 0.2) is 0 Å². The average molecular weight is 338 g/mol. The van der Waals surface area contributed by atoms with Gasteiger partial charge in [0, 0.05) is 0 Å². The summed E-state index contributed by atoms with van der Waals surface area (Å²) in [7, 11) is 0. The van der Waals surface area contributed by atoms with Gasteiger partial charge in [-0.15, -0.1) is 0 Å². The van der Waals surface area contributed by atoms with Crippen molar-refractivity contribution in [2.75, 3.05) is 0 Å².